The molecule has 0 nitrogen and oxygen atoms in total. The van der Waals surface area contributed by atoms with Crippen molar-refractivity contribution in [3.05, 3.63) is 0 Å². The fourth-order valence-corrected chi connectivity index (χ4v) is 4.50. The second-order valence-electron chi connectivity index (χ2n) is 2.91. The molecule has 0 unspecified atom stereocenters. The van der Waals surface area contributed by atoms with Crippen LogP contribution in [0.4, 0.5) is 0 Å². The Bertz CT molecular complexity index is 51.8. The van der Waals surface area contributed by atoms with Gasteiger partial charge in [-0.05, 0) is 0 Å². The Morgan fingerprint density at radius 2 is 1.33 bits per heavy atom. The van der Waals surface area contributed by atoms with Gasteiger partial charge in [0.15, 0.2) is 0 Å². The van der Waals surface area contributed by atoms with E-state index in [1.165, 1.54) is 22.8 Å². The molecule has 0 amide bonds. The summed E-state index contributed by atoms with van der Waals surface area (Å²) in [5, 5.41) is 0. The van der Waals surface area contributed by atoms with Gasteiger partial charge >= 0.3 is 69.4 Å². The fourth-order valence-electron chi connectivity index (χ4n) is 1.50. The average Bonchev–Trinajstić information content (AvgIpc) is 1.95. The molecule has 0 aromatic rings. The third-order valence-corrected chi connectivity index (χ3v) is 9.00. The first-order valence-corrected chi connectivity index (χ1v) is 7.07. The predicted octanol–water partition coefficient (Wildman–Crippen LogP) is 2.62. The van der Waals surface area contributed by atoms with Crippen molar-refractivity contribution in [3.63, 3.8) is 0 Å². The maximum atomic E-state index is 2.36. The van der Waals surface area contributed by atoms with Gasteiger partial charge < -0.3 is 0 Å². The molecule has 0 saturated carbocycles. The Morgan fingerprint density at radius 1 is 1.00 bits per heavy atom. The van der Waals surface area contributed by atoms with Gasteiger partial charge in [-0.3, -0.25) is 0 Å². The molecule has 0 heterocycles. The van der Waals surface area contributed by atoms with E-state index in [0.29, 0.717) is 0 Å². The molecule has 0 rings (SSSR count). The van der Waals surface area contributed by atoms with Crippen molar-refractivity contribution in [2.24, 2.45) is 0 Å². The number of hydrogen-bond acceptors (Lipinski definition) is 0. The predicted molar refractivity (Wildman–Crippen MR) is 47.8 cm³/mol. The van der Waals surface area contributed by atoms with E-state index in [4.69, 9.17) is 0 Å². The molecule has 0 saturated heterocycles. The van der Waals surface area contributed by atoms with Gasteiger partial charge in [-0.2, -0.15) is 0 Å². The summed E-state index contributed by atoms with van der Waals surface area (Å²) in [5.41, 5.74) is 0. The zero-order chi connectivity index (χ0) is 7.33. The molecule has 9 heavy (non-hydrogen) atoms. The average molecular weight is 136 g/mol. The Labute approximate surface area is 69.6 Å². The van der Waals surface area contributed by atoms with Gasteiger partial charge in [-0.1, -0.05) is 0 Å². The van der Waals surface area contributed by atoms with E-state index in [1.54, 1.807) is 0 Å². The zero-order valence-electron chi connectivity index (χ0n) is 7.33. The van der Waals surface area contributed by atoms with Crippen molar-refractivity contribution < 1.29 is 0 Å². The summed E-state index contributed by atoms with van der Waals surface area (Å²) >= 11 is 2.36. The molecule has 0 fully saturated rings. The Balaban J connectivity index is 3.82. The van der Waals surface area contributed by atoms with Gasteiger partial charge in [0.1, 0.15) is 0 Å². The van der Waals surface area contributed by atoms with Crippen LogP contribution in [0.2, 0.25) is 22.8 Å². The standard InChI is InChI=1S/C7H17Si.Li/c1-5-8(4,6-2)7-3;/h4-7H2,1-3H3;. The van der Waals surface area contributed by atoms with Crippen LogP contribution in [0.25, 0.3) is 0 Å². The van der Waals surface area contributed by atoms with Crippen LogP contribution in [0.5, 0.6) is 0 Å². The molecule has 0 atom stereocenters. The second kappa shape index (κ2) is 4.60. The topological polar surface area (TPSA) is 0 Å². The van der Waals surface area contributed by atoms with Crippen LogP contribution in [0.15, 0.2) is 0 Å². The Kier molecular flexibility index (Phi) is 5.02. The number of hydrogen-bond donors (Lipinski definition) is 0. The van der Waals surface area contributed by atoms with Gasteiger partial charge in [0.2, 0.25) is 0 Å². The molecule has 0 aliphatic rings. The molecular weight excluding hydrogens is 119 g/mol. The van der Waals surface area contributed by atoms with Gasteiger partial charge in [-0.25, -0.2) is 0 Å². The Morgan fingerprint density at radius 3 is 1.33 bits per heavy atom. The van der Waals surface area contributed by atoms with Crippen molar-refractivity contribution in [3.8, 4) is 0 Å². The minimum atomic E-state index is -0.691. The molecule has 2 heteroatoms. The molecule has 0 spiro atoms. The summed E-state index contributed by atoms with van der Waals surface area (Å²) in [6, 6.07) is 4.45. The first-order chi connectivity index (χ1) is 4.24. The van der Waals surface area contributed by atoms with E-state index in [1.807, 2.05) is 0 Å². The van der Waals surface area contributed by atoms with Crippen LogP contribution in [-0.2, 0) is 0 Å². The van der Waals surface area contributed by atoms with E-state index in [-0.39, 0.29) is 0 Å². The summed E-state index contributed by atoms with van der Waals surface area (Å²) in [6.45, 7) is 7.09. The first kappa shape index (κ1) is 9.81. The monoisotopic (exact) mass is 136 g/mol. The summed E-state index contributed by atoms with van der Waals surface area (Å²) in [6.07, 6.45) is 0. The van der Waals surface area contributed by atoms with E-state index >= 15 is 0 Å². The first-order valence-electron chi connectivity index (χ1n) is 4.24. The quantitative estimate of drug-likeness (QED) is 0.521. The molecule has 0 aliphatic carbocycles. The van der Waals surface area contributed by atoms with Crippen molar-refractivity contribution in [2.45, 2.75) is 43.6 Å². The normalized spacial score (nSPS) is 12.1. The zero-order valence-corrected chi connectivity index (χ0v) is 8.33. The molecule has 0 radical (unpaired) electrons. The van der Waals surface area contributed by atoms with Gasteiger partial charge in [0.25, 0.3) is 0 Å². The third kappa shape index (κ3) is 2.49. The second-order valence-corrected chi connectivity index (χ2v) is 8.74. The summed E-state index contributed by atoms with van der Waals surface area (Å²) in [5.74, 6) is 0. The maximum absolute atomic E-state index is 2.36. The summed E-state index contributed by atoms with van der Waals surface area (Å²) < 4.78 is 1.48. The molecular formula is C7H17LiSi. The molecule has 50 valence electrons. The summed E-state index contributed by atoms with van der Waals surface area (Å²) in [7, 11) is -0.691. The SMILES string of the molecule is [Li][CH2][Si](CC)(CC)CC. The van der Waals surface area contributed by atoms with Crippen LogP contribution >= 0.6 is 0 Å². The van der Waals surface area contributed by atoms with E-state index < -0.39 is 8.07 Å². The van der Waals surface area contributed by atoms with Gasteiger partial charge in [0, 0.05) is 0 Å². The molecule has 0 aromatic heterocycles. The van der Waals surface area contributed by atoms with Crippen molar-refractivity contribution >= 4 is 25.8 Å². The number of rotatable bonds is 4. The van der Waals surface area contributed by atoms with Gasteiger partial charge in [-0.15, -0.1) is 0 Å². The molecule has 0 N–H and O–H groups in total. The van der Waals surface area contributed by atoms with Crippen molar-refractivity contribution in [1.29, 1.82) is 0 Å². The molecule has 0 aliphatic heterocycles. The van der Waals surface area contributed by atoms with E-state index in [0.717, 1.165) is 0 Å². The van der Waals surface area contributed by atoms with Crippen molar-refractivity contribution in [2.75, 3.05) is 0 Å². The van der Waals surface area contributed by atoms with Crippen LogP contribution in [0, 0.1) is 0 Å². The Hall–Kier alpha value is 0.814. The van der Waals surface area contributed by atoms with Crippen LogP contribution in [0.3, 0.4) is 0 Å². The van der Waals surface area contributed by atoms with Crippen LogP contribution in [-0.4, -0.2) is 25.8 Å². The van der Waals surface area contributed by atoms with E-state index in [9.17, 15) is 0 Å². The van der Waals surface area contributed by atoms with E-state index in [2.05, 4.69) is 38.5 Å². The molecule has 0 bridgehead atoms. The fraction of sp³-hybridized carbons (Fsp3) is 1.00. The third-order valence-electron chi connectivity index (χ3n) is 3.00. The molecule has 0 aromatic carbocycles. The summed E-state index contributed by atoms with van der Waals surface area (Å²) in [4.78, 5) is 0. The van der Waals surface area contributed by atoms with Crippen LogP contribution < -0.4 is 0 Å². The van der Waals surface area contributed by atoms with Crippen molar-refractivity contribution in [1.82, 2.24) is 0 Å². The minimum absolute atomic E-state index is 0.691. The van der Waals surface area contributed by atoms with Gasteiger partial charge in [0.05, 0.1) is 0 Å². The van der Waals surface area contributed by atoms with Crippen LogP contribution in [0.1, 0.15) is 20.8 Å².